The van der Waals surface area contributed by atoms with Crippen LogP contribution < -0.4 is 5.32 Å². The molecule has 1 aliphatic rings. The molecule has 5 heteroatoms. The molecule has 0 aliphatic carbocycles. The van der Waals surface area contributed by atoms with Crippen molar-refractivity contribution < 1.29 is 9.59 Å². The number of carbonyl (C=O) groups is 2. The quantitative estimate of drug-likeness (QED) is 0.882. The SMILES string of the molecule is Cc1ccccc1-c1ncccc1C(=O)N1CCC(C(=O)NC(C)(C)C)CC1. The molecular formula is C23H29N3O2. The van der Waals surface area contributed by atoms with Gasteiger partial charge < -0.3 is 10.2 Å². The normalized spacial score (nSPS) is 15.4. The Kier molecular flexibility index (Phi) is 5.82. The molecule has 1 N–H and O–H groups in total. The summed E-state index contributed by atoms with van der Waals surface area (Å²) in [5, 5.41) is 3.05. The van der Waals surface area contributed by atoms with Crippen molar-refractivity contribution in [2.24, 2.45) is 5.92 Å². The molecule has 2 amide bonds. The second-order valence-electron chi connectivity index (χ2n) is 8.52. The van der Waals surface area contributed by atoms with Gasteiger partial charge in [-0.25, -0.2) is 0 Å². The maximum Gasteiger partial charge on any atom is 0.256 e. The minimum atomic E-state index is -0.234. The van der Waals surface area contributed by atoms with Crippen LogP contribution in [0, 0.1) is 12.8 Å². The number of pyridine rings is 1. The molecule has 0 bridgehead atoms. The summed E-state index contributed by atoms with van der Waals surface area (Å²) in [5.74, 6) is 0.0376. The molecule has 1 fully saturated rings. The lowest BCUT2D eigenvalue weighted by Gasteiger charge is -2.33. The summed E-state index contributed by atoms with van der Waals surface area (Å²) in [6.45, 7) is 9.15. The molecule has 0 saturated carbocycles. The van der Waals surface area contributed by atoms with Crippen LogP contribution in [0.25, 0.3) is 11.3 Å². The number of piperidine rings is 1. The predicted molar refractivity (Wildman–Crippen MR) is 111 cm³/mol. The Morgan fingerprint density at radius 3 is 2.39 bits per heavy atom. The molecule has 1 saturated heterocycles. The zero-order chi connectivity index (χ0) is 20.3. The van der Waals surface area contributed by atoms with E-state index in [-0.39, 0.29) is 23.3 Å². The topological polar surface area (TPSA) is 62.3 Å². The van der Waals surface area contributed by atoms with Crippen LogP contribution in [0.5, 0.6) is 0 Å². The van der Waals surface area contributed by atoms with E-state index in [1.807, 2.05) is 62.9 Å². The van der Waals surface area contributed by atoms with Crippen LogP contribution in [-0.2, 0) is 4.79 Å². The van der Waals surface area contributed by atoms with E-state index in [1.165, 1.54) is 0 Å². The number of nitrogens with one attached hydrogen (secondary N) is 1. The second kappa shape index (κ2) is 8.13. The maximum absolute atomic E-state index is 13.2. The highest BCUT2D eigenvalue weighted by Crippen LogP contribution is 2.27. The Bertz CT molecular complexity index is 862. The highest BCUT2D eigenvalue weighted by atomic mass is 16.2. The van der Waals surface area contributed by atoms with Gasteiger partial charge in [-0.1, -0.05) is 24.3 Å². The van der Waals surface area contributed by atoms with Crippen molar-refractivity contribution in [1.29, 1.82) is 0 Å². The van der Waals surface area contributed by atoms with Crippen LogP contribution in [0.1, 0.15) is 49.5 Å². The number of hydrogen-bond donors (Lipinski definition) is 1. The Hall–Kier alpha value is -2.69. The minimum Gasteiger partial charge on any atom is -0.351 e. The van der Waals surface area contributed by atoms with E-state index in [1.54, 1.807) is 12.3 Å². The first-order valence-electron chi connectivity index (χ1n) is 9.88. The van der Waals surface area contributed by atoms with Gasteiger partial charge in [0.1, 0.15) is 0 Å². The molecule has 2 aromatic rings. The third-order valence-corrected chi connectivity index (χ3v) is 5.09. The number of rotatable bonds is 3. The van der Waals surface area contributed by atoms with Crippen molar-refractivity contribution in [3.05, 3.63) is 53.7 Å². The molecule has 0 atom stereocenters. The van der Waals surface area contributed by atoms with Crippen molar-refractivity contribution in [3.63, 3.8) is 0 Å². The minimum absolute atomic E-state index is 0.0129. The highest BCUT2D eigenvalue weighted by molar-refractivity contribution is 6.00. The number of carbonyl (C=O) groups excluding carboxylic acids is 2. The Balaban J connectivity index is 1.73. The number of amides is 2. The number of nitrogens with zero attached hydrogens (tertiary/aromatic N) is 2. The summed E-state index contributed by atoms with van der Waals surface area (Å²) in [6, 6.07) is 11.6. The molecule has 2 heterocycles. The fraction of sp³-hybridized carbons (Fsp3) is 0.435. The molecule has 1 aromatic heterocycles. The van der Waals surface area contributed by atoms with Crippen molar-refractivity contribution in [2.75, 3.05) is 13.1 Å². The highest BCUT2D eigenvalue weighted by Gasteiger charge is 2.30. The van der Waals surface area contributed by atoms with Crippen LogP contribution in [0.3, 0.4) is 0 Å². The molecular weight excluding hydrogens is 350 g/mol. The smallest absolute Gasteiger partial charge is 0.256 e. The van der Waals surface area contributed by atoms with E-state index < -0.39 is 0 Å². The monoisotopic (exact) mass is 379 g/mol. The van der Waals surface area contributed by atoms with E-state index in [4.69, 9.17) is 0 Å². The van der Waals surface area contributed by atoms with Gasteiger partial charge in [-0.3, -0.25) is 14.6 Å². The lowest BCUT2D eigenvalue weighted by Crippen LogP contribution is -2.48. The molecule has 28 heavy (non-hydrogen) atoms. The van der Waals surface area contributed by atoms with Crippen molar-refractivity contribution >= 4 is 11.8 Å². The third kappa shape index (κ3) is 4.58. The zero-order valence-corrected chi connectivity index (χ0v) is 17.2. The fourth-order valence-electron chi connectivity index (χ4n) is 3.62. The Labute approximate surface area is 167 Å². The predicted octanol–water partition coefficient (Wildman–Crippen LogP) is 3.82. The first-order chi connectivity index (χ1) is 13.3. The lowest BCUT2D eigenvalue weighted by atomic mass is 9.93. The molecule has 3 rings (SSSR count). The molecule has 148 valence electrons. The van der Waals surface area contributed by atoms with Gasteiger partial charge in [0.05, 0.1) is 11.3 Å². The fourth-order valence-corrected chi connectivity index (χ4v) is 3.62. The van der Waals surface area contributed by atoms with Gasteiger partial charge in [0, 0.05) is 36.3 Å². The summed E-state index contributed by atoms with van der Waals surface area (Å²) in [6.07, 6.45) is 3.10. The zero-order valence-electron chi connectivity index (χ0n) is 17.2. The van der Waals surface area contributed by atoms with Gasteiger partial charge in [-0.15, -0.1) is 0 Å². The average Bonchev–Trinajstić information content (AvgIpc) is 2.67. The van der Waals surface area contributed by atoms with Crippen molar-refractivity contribution in [1.82, 2.24) is 15.2 Å². The van der Waals surface area contributed by atoms with Gasteiger partial charge >= 0.3 is 0 Å². The summed E-state index contributed by atoms with van der Waals surface area (Å²) in [7, 11) is 0. The first kappa shape index (κ1) is 20.1. The summed E-state index contributed by atoms with van der Waals surface area (Å²) >= 11 is 0. The summed E-state index contributed by atoms with van der Waals surface area (Å²) < 4.78 is 0. The van der Waals surface area contributed by atoms with Gasteiger partial charge in [0.25, 0.3) is 5.91 Å². The number of aryl methyl sites for hydroxylation is 1. The molecule has 0 unspecified atom stereocenters. The number of likely N-dealkylation sites (tertiary alicyclic amines) is 1. The standard InChI is InChI=1S/C23H29N3O2/c1-16-8-5-6-9-18(16)20-19(10-7-13-24-20)22(28)26-14-11-17(12-15-26)21(27)25-23(2,3)4/h5-10,13,17H,11-12,14-15H2,1-4H3,(H,25,27). The van der Waals surface area contributed by atoms with Crippen LogP contribution in [-0.4, -0.2) is 40.3 Å². The summed E-state index contributed by atoms with van der Waals surface area (Å²) in [5.41, 5.74) is 3.17. The molecule has 1 aliphatic heterocycles. The Morgan fingerprint density at radius 1 is 1.07 bits per heavy atom. The molecule has 0 spiro atoms. The largest absolute Gasteiger partial charge is 0.351 e. The van der Waals surface area contributed by atoms with Gasteiger partial charge in [0.15, 0.2) is 0 Å². The van der Waals surface area contributed by atoms with Crippen LogP contribution in [0.15, 0.2) is 42.6 Å². The summed E-state index contributed by atoms with van der Waals surface area (Å²) in [4.78, 5) is 32.0. The van der Waals surface area contributed by atoms with Crippen LogP contribution >= 0.6 is 0 Å². The Morgan fingerprint density at radius 2 is 1.75 bits per heavy atom. The number of hydrogen-bond acceptors (Lipinski definition) is 3. The van der Waals surface area contributed by atoms with Crippen LogP contribution in [0.2, 0.25) is 0 Å². The lowest BCUT2D eigenvalue weighted by molar-refractivity contribution is -0.127. The van der Waals surface area contributed by atoms with Gasteiger partial charge in [-0.2, -0.15) is 0 Å². The van der Waals surface area contributed by atoms with Crippen LogP contribution in [0.4, 0.5) is 0 Å². The molecule has 0 radical (unpaired) electrons. The molecule has 5 nitrogen and oxygen atoms in total. The molecule has 1 aromatic carbocycles. The van der Waals surface area contributed by atoms with E-state index in [0.29, 0.717) is 31.5 Å². The van der Waals surface area contributed by atoms with Gasteiger partial charge in [-0.05, 0) is 58.2 Å². The van der Waals surface area contributed by atoms with Gasteiger partial charge in [0.2, 0.25) is 5.91 Å². The maximum atomic E-state index is 13.2. The van der Waals surface area contributed by atoms with Crippen molar-refractivity contribution in [2.45, 2.75) is 46.1 Å². The van der Waals surface area contributed by atoms with Crippen molar-refractivity contribution in [3.8, 4) is 11.3 Å². The van der Waals surface area contributed by atoms with E-state index in [2.05, 4.69) is 10.3 Å². The van der Waals surface area contributed by atoms with E-state index >= 15 is 0 Å². The van der Waals surface area contributed by atoms with E-state index in [0.717, 1.165) is 16.8 Å². The second-order valence-corrected chi connectivity index (χ2v) is 8.52. The third-order valence-electron chi connectivity index (χ3n) is 5.09. The first-order valence-corrected chi connectivity index (χ1v) is 9.88. The number of benzene rings is 1. The average molecular weight is 380 g/mol. The van der Waals surface area contributed by atoms with E-state index in [9.17, 15) is 9.59 Å². The number of aromatic nitrogens is 1.